The zero-order chi connectivity index (χ0) is 9.97. The summed E-state index contributed by atoms with van der Waals surface area (Å²) in [5, 5.41) is 0. The van der Waals surface area contributed by atoms with Gasteiger partial charge in [-0.25, -0.2) is 9.97 Å². The molecule has 72 valence electrons. The molecule has 0 aliphatic heterocycles. The van der Waals surface area contributed by atoms with Crippen LogP contribution in [0.4, 0.5) is 5.95 Å². The highest BCUT2D eigenvalue weighted by Crippen LogP contribution is 2.06. The number of nitrogens with one attached hydrogen (secondary N) is 1. The van der Waals surface area contributed by atoms with Crippen LogP contribution in [0.5, 0.6) is 0 Å². The molecular formula is C10H12N4. The van der Waals surface area contributed by atoms with Gasteiger partial charge in [0, 0.05) is 23.8 Å². The second kappa shape index (κ2) is 3.49. The van der Waals surface area contributed by atoms with Crippen LogP contribution in [0.2, 0.25) is 0 Å². The monoisotopic (exact) mass is 188 g/mol. The van der Waals surface area contributed by atoms with Gasteiger partial charge in [-0.3, -0.25) is 10.1 Å². The molecule has 14 heavy (non-hydrogen) atoms. The van der Waals surface area contributed by atoms with Crippen molar-refractivity contribution in [1.82, 2.24) is 14.6 Å². The Morgan fingerprint density at radius 3 is 2.21 bits per heavy atom. The van der Waals surface area contributed by atoms with Crippen molar-refractivity contribution in [3.05, 3.63) is 42.0 Å². The molecule has 4 nitrogen and oxygen atoms in total. The average molecular weight is 188 g/mol. The van der Waals surface area contributed by atoms with Gasteiger partial charge in [-0.15, -0.1) is 0 Å². The van der Waals surface area contributed by atoms with E-state index in [1.54, 1.807) is 18.5 Å². The second-order valence-corrected chi connectivity index (χ2v) is 3.14. The van der Waals surface area contributed by atoms with Crippen LogP contribution in [-0.4, -0.2) is 14.6 Å². The third-order valence-corrected chi connectivity index (χ3v) is 2.05. The fraction of sp³-hybridized carbons (Fsp3) is 0.200. The summed E-state index contributed by atoms with van der Waals surface area (Å²) in [5.74, 6) is 0.606. The van der Waals surface area contributed by atoms with Gasteiger partial charge in [0.2, 0.25) is 5.95 Å². The highest BCUT2D eigenvalue weighted by Gasteiger charge is 2.01. The number of hydrogen-bond acceptors (Lipinski definition) is 3. The third-order valence-electron chi connectivity index (χ3n) is 2.05. The topological polar surface area (TPSA) is 42.7 Å². The number of anilines is 1. The SMILES string of the molecule is Cc1ccc(C)n1Nc1ncccn1. The number of hydrogen-bond donors (Lipinski definition) is 1. The minimum Gasteiger partial charge on any atom is -0.262 e. The molecule has 2 rings (SSSR count). The van der Waals surface area contributed by atoms with E-state index in [1.807, 2.05) is 30.7 Å². The van der Waals surface area contributed by atoms with E-state index in [9.17, 15) is 0 Å². The normalized spacial score (nSPS) is 10.1. The van der Waals surface area contributed by atoms with Crippen molar-refractivity contribution in [3.63, 3.8) is 0 Å². The lowest BCUT2D eigenvalue weighted by atomic mass is 10.5. The van der Waals surface area contributed by atoms with Crippen molar-refractivity contribution in [2.45, 2.75) is 13.8 Å². The first-order valence-corrected chi connectivity index (χ1v) is 4.46. The molecule has 0 bridgehead atoms. The Balaban J connectivity index is 2.27. The van der Waals surface area contributed by atoms with E-state index in [4.69, 9.17) is 0 Å². The van der Waals surface area contributed by atoms with Gasteiger partial charge >= 0.3 is 0 Å². The molecule has 2 heterocycles. The van der Waals surface area contributed by atoms with E-state index in [0.717, 1.165) is 11.4 Å². The Kier molecular flexibility index (Phi) is 2.18. The van der Waals surface area contributed by atoms with Crippen LogP contribution in [-0.2, 0) is 0 Å². The van der Waals surface area contributed by atoms with Gasteiger partial charge in [-0.05, 0) is 32.0 Å². The number of aromatic nitrogens is 3. The summed E-state index contributed by atoms with van der Waals surface area (Å²) < 4.78 is 1.95. The van der Waals surface area contributed by atoms with Gasteiger partial charge in [0.05, 0.1) is 0 Å². The summed E-state index contributed by atoms with van der Waals surface area (Å²) in [6, 6.07) is 5.89. The Bertz CT molecular complexity index is 399. The zero-order valence-corrected chi connectivity index (χ0v) is 8.23. The molecule has 0 spiro atoms. The van der Waals surface area contributed by atoms with Crippen molar-refractivity contribution < 1.29 is 0 Å². The number of aryl methyl sites for hydroxylation is 2. The Labute approximate surface area is 82.6 Å². The molecule has 0 saturated heterocycles. The number of nitrogens with zero attached hydrogens (tertiary/aromatic N) is 3. The average Bonchev–Trinajstić information content (AvgIpc) is 2.51. The van der Waals surface area contributed by atoms with Gasteiger partial charge < -0.3 is 0 Å². The van der Waals surface area contributed by atoms with Crippen LogP contribution >= 0.6 is 0 Å². The molecule has 0 aromatic carbocycles. The van der Waals surface area contributed by atoms with Crippen LogP contribution in [0.15, 0.2) is 30.6 Å². The van der Waals surface area contributed by atoms with Crippen LogP contribution in [0.25, 0.3) is 0 Å². The van der Waals surface area contributed by atoms with E-state index in [1.165, 1.54) is 0 Å². The molecule has 0 aliphatic carbocycles. The molecule has 0 saturated carbocycles. The van der Waals surface area contributed by atoms with E-state index >= 15 is 0 Å². The fourth-order valence-corrected chi connectivity index (χ4v) is 1.30. The van der Waals surface area contributed by atoms with E-state index in [-0.39, 0.29) is 0 Å². The summed E-state index contributed by atoms with van der Waals surface area (Å²) in [6.45, 7) is 4.06. The maximum Gasteiger partial charge on any atom is 0.242 e. The van der Waals surface area contributed by atoms with Crippen molar-refractivity contribution in [2.75, 3.05) is 5.43 Å². The summed E-state index contributed by atoms with van der Waals surface area (Å²) in [7, 11) is 0. The van der Waals surface area contributed by atoms with Gasteiger partial charge in [0.15, 0.2) is 0 Å². The Hall–Kier alpha value is -1.84. The molecule has 0 amide bonds. The first-order chi connectivity index (χ1) is 6.77. The fourth-order valence-electron chi connectivity index (χ4n) is 1.30. The van der Waals surface area contributed by atoms with Gasteiger partial charge in [0.25, 0.3) is 0 Å². The molecular weight excluding hydrogens is 176 g/mol. The predicted octanol–water partition coefficient (Wildman–Crippen LogP) is 1.77. The minimum atomic E-state index is 0.606. The maximum absolute atomic E-state index is 4.09. The lowest BCUT2D eigenvalue weighted by Gasteiger charge is -2.09. The molecule has 0 fully saturated rings. The van der Waals surface area contributed by atoms with Crippen LogP contribution in [0.1, 0.15) is 11.4 Å². The van der Waals surface area contributed by atoms with E-state index in [0.29, 0.717) is 5.95 Å². The first-order valence-electron chi connectivity index (χ1n) is 4.46. The quantitative estimate of drug-likeness (QED) is 0.781. The summed E-state index contributed by atoms with van der Waals surface area (Å²) in [4.78, 5) is 8.19. The van der Waals surface area contributed by atoms with Crippen molar-refractivity contribution in [1.29, 1.82) is 0 Å². The Morgan fingerprint density at radius 1 is 1.07 bits per heavy atom. The molecule has 0 radical (unpaired) electrons. The molecule has 0 aliphatic rings. The largest absolute Gasteiger partial charge is 0.262 e. The third kappa shape index (κ3) is 1.59. The van der Waals surface area contributed by atoms with Crippen LogP contribution in [0.3, 0.4) is 0 Å². The lowest BCUT2D eigenvalue weighted by molar-refractivity contribution is 0.856. The molecule has 1 N–H and O–H groups in total. The predicted molar refractivity (Wildman–Crippen MR) is 55.0 cm³/mol. The van der Waals surface area contributed by atoms with Crippen molar-refractivity contribution in [3.8, 4) is 0 Å². The minimum absolute atomic E-state index is 0.606. The summed E-state index contributed by atoms with van der Waals surface area (Å²) in [6.07, 6.45) is 3.42. The van der Waals surface area contributed by atoms with E-state index in [2.05, 4.69) is 15.4 Å². The molecule has 2 aromatic heterocycles. The highest BCUT2D eigenvalue weighted by molar-refractivity contribution is 5.27. The molecule has 0 atom stereocenters. The standard InChI is InChI=1S/C10H12N4/c1-8-4-5-9(2)14(8)13-10-11-6-3-7-12-10/h3-7H,1-2H3,(H,11,12,13). The second-order valence-electron chi connectivity index (χ2n) is 3.14. The molecule has 0 unspecified atom stereocenters. The summed E-state index contributed by atoms with van der Waals surface area (Å²) in [5.41, 5.74) is 5.38. The van der Waals surface area contributed by atoms with Gasteiger partial charge in [-0.1, -0.05) is 0 Å². The Morgan fingerprint density at radius 2 is 1.64 bits per heavy atom. The van der Waals surface area contributed by atoms with Crippen molar-refractivity contribution in [2.24, 2.45) is 0 Å². The first kappa shape index (κ1) is 8.74. The zero-order valence-electron chi connectivity index (χ0n) is 8.23. The van der Waals surface area contributed by atoms with Crippen LogP contribution in [0, 0.1) is 13.8 Å². The van der Waals surface area contributed by atoms with Gasteiger partial charge in [0.1, 0.15) is 0 Å². The molecule has 4 heteroatoms. The van der Waals surface area contributed by atoms with Gasteiger partial charge in [-0.2, -0.15) is 0 Å². The lowest BCUT2D eigenvalue weighted by Crippen LogP contribution is -2.14. The highest BCUT2D eigenvalue weighted by atomic mass is 15.5. The summed E-state index contributed by atoms with van der Waals surface area (Å²) >= 11 is 0. The maximum atomic E-state index is 4.09. The molecule has 2 aromatic rings. The van der Waals surface area contributed by atoms with Crippen LogP contribution < -0.4 is 5.43 Å². The van der Waals surface area contributed by atoms with E-state index < -0.39 is 0 Å². The smallest absolute Gasteiger partial charge is 0.242 e. The van der Waals surface area contributed by atoms with Crippen molar-refractivity contribution >= 4 is 5.95 Å². The number of rotatable bonds is 2.